The first-order valence-corrected chi connectivity index (χ1v) is 6.78. The second-order valence-electron chi connectivity index (χ2n) is 4.60. The number of nitrogens with one attached hydrogen (secondary N) is 2. The standard InChI is InChI=1S/C14H14N4OS/c1-9(19)15-6-7-18-13-10-4-2-3-5-11(10)16-8-12(13)17-14(18)20/h2-5,8H,6-7H2,1H3,(H,15,19)(H,17,20). The Balaban J connectivity index is 2.15. The van der Waals surface area contributed by atoms with E-state index in [4.69, 9.17) is 12.2 Å². The molecule has 0 saturated heterocycles. The molecule has 0 bridgehead atoms. The van der Waals surface area contributed by atoms with Crippen LogP contribution in [0.5, 0.6) is 0 Å². The Bertz CT molecular complexity index is 849. The minimum absolute atomic E-state index is 0.0390. The van der Waals surface area contributed by atoms with Crippen LogP contribution < -0.4 is 5.32 Å². The van der Waals surface area contributed by atoms with Gasteiger partial charge in [-0.25, -0.2) is 0 Å². The van der Waals surface area contributed by atoms with Gasteiger partial charge < -0.3 is 14.9 Å². The third kappa shape index (κ3) is 2.18. The van der Waals surface area contributed by atoms with Gasteiger partial charge in [-0.1, -0.05) is 18.2 Å². The highest BCUT2D eigenvalue weighted by Crippen LogP contribution is 2.23. The molecule has 0 saturated carbocycles. The molecule has 1 amide bonds. The number of aromatic nitrogens is 3. The largest absolute Gasteiger partial charge is 0.355 e. The molecule has 3 rings (SSSR count). The Morgan fingerprint density at radius 3 is 3.05 bits per heavy atom. The smallest absolute Gasteiger partial charge is 0.216 e. The molecule has 2 N–H and O–H groups in total. The molecule has 0 unspecified atom stereocenters. The molecule has 0 radical (unpaired) electrons. The van der Waals surface area contributed by atoms with Crippen LogP contribution in [0.15, 0.2) is 30.5 Å². The lowest BCUT2D eigenvalue weighted by Gasteiger charge is -2.07. The molecule has 0 fully saturated rings. The molecule has 3 aromatic rings. The number of pyridine rings is 1. The molecular formula is C14H14N4OS. The van der Waals surface area contributed by atoms with Gasteiger partial charge in [0.25, 0.3) is 0 Å². The zero-order valence-corrected chi connectivity index (χ0v) is 11.8. The number of hydrogen-bond acceptors (Lipinski definition) is 3. The van der Waals surface area contributed by atoms with Crippen molar-refractivity contribution in [2.45, 2.75) is 13.5 Å². The number of benzene rings is 1. The summed E-state index contributed by atoms with van der Waals surface area (Å²) in [6.07, 6.45) is 1.79. The minimum Gasteiger partial charge on any atom is -0.355 e. The first-order valence-electron chi connectivity index (χ1n) is 6.37. The number of carbonyl (C=O) groups excluding carboxylic acids is 1. The topological polar surface area (TPSA) is 62.7 Å². The highest BCUT2D eigenvalue weighted by Gasteiger charge is 2.09. The van der Waals surface area contributed by atoms with E-state index in [1.165, 1.54) is 6.92 Å². The van der Waals surface area contributed by atoms with Crippen LogP contribution in [0.25, 0.3) is 21.9 Å². The van der Waals surface area contributed by atoms with Crippen LogP contribution in [0.4, 0.5) is 0 Å². The summed E-state index contributed by atoms with van der Waals surface area (Å²) < 4.78 is 2.65. The number of imidazole rings is 1. The van der Waals surface area contributed by atoms with Crippen molar-refractivity contribution in [1.29, 1.82) is 0 Å². The van der Waals surface area contributed by atoms with Crippen LogP contribution in [0.1, 0.15) is 6.92 Å². The monoisotopic (exact) mass is 286 g/mol. The number of fused-ring (bicyclic) bond motifs is 3. The summed E-state index contributed by atoms with van der Waals surface area (Å²) in [5, 5.41) is 3.84. The lowest BCUT2D eigenvalue weighted by Crippen LogP contribution is -2.24. The maximum atomic E-state index is 11.0. The van der Waals surface area contributed by atoms with Crippen LogP contribution in [0.3, 0.4) is 0 Å². The predicted octanol–water partition coefficient (Wildman–Crippen LogP) is 2.38. The molecule has 20 heavy (non-hydrogen) atoms. The zero-order valence-electron chi connectivity index (χ0n) is 11.0. The Morgan fingerprint density at radius 2 is 2.25 bits per heavy atom. The van der Waals surface area contributed by atoms with Gasteiger partial charge in [-0.15, -0.1) is 0 Å². The fourth-order valence-electron chi connectivity index (χ4n) is 2.35. The van der Waals surface area contributed by atoms with Crippen LogP contribution in [0.2, 0.25) is 0 Å². The van der Waals surface area contributed by atoms with Crippen LogP contribution in [-0.2, 0) is 11.3 Å². The summed E-state index contributed by atoms with van der Waals surface area (Å²) in [6, 6.07) is 7.95. The lowest BCUT2D eigenvalue weighted by atomic mass is 10.2. The SMILES string of the molecule is CC(=O)NCCn1c(=S)[nH]c2cnc3ccccc3c21. The van der Waals surface area contributed by atoms with Crippen molar-refractivity contribution in [2.24, 2.45) is 0 Å². The first-order chi connectivity index (χ1) is 9.66. The van der Waals surface area contributed by atoms with Gasteiger partial charge >= 0.3 is 0 Å². The molecule has 0 spiro atoms. The van der Waals surface area contributed by atoms with Crippen molar-refractivity contribution in [3.63, 3.8) is 0 Å². The van der Waals surface area contributed by atoms with Gasteiger partial charge in [0.15, 0.2) is 4.77 Å². The highest BCUT2D eigenvalue weighted by molar-refractivity contribution is 7.71. The van der Waals surface area contributed by atoms with Crippen molar-refractivity contribution in [2.75, 3.05) is 6.54 Å². The first kappa shape index (κ1) is 12.8. The predicted molar refractivity (Wildman–Crippen MR) is 81.1 cm³/mol. The average molecular weight is 286 g/mol. The summed E-state index contributed by atoms with van der Waals surface area (Å²) in [5.74, 6) is -0.0390. The van der Waals surface area contributed by atoms with Crippen molar-refractivity contribution < 1.29 is 4.79 Å². The molecule has 0 aliphatic rings. The van der Waals surface area contributed by atoms with Crippen LogP contribution in [0, 0.1) is 4.77 Å². The molecule has 0 atom stereocenters. The maximum Gasteiger partial charge on any atom is 0.216 e. The van der Waals surface area contributed by atoms with E-state index < -0.39 is 0 Å². The highest BCUT2D eigenvalue weighted by atomic mass is 32.1. The fraction of sp³-hybridized carbons (Fsp3) is 0.214. The van der Waals surface area contributed by atoms with Crippen LogP contribution >= 0.6 is 12.2 Å². The summed E-state index contributed by atoms with van der Waals surface area (Å²) in [7, 11) is 0. The average Bonchev–Trinajstić information content (AvgIpc) is 2.75. The Hall–Kier alpha value is -2.21. The number of carbonyl (C=O) groups is 1. The number of aromatic amines is 1. The molecule has 2 aromatic heterocycles. The van der Waals surface area contributed by atoms with Gasteiger partial charge in [-0.2, -0.15) is 0 Å². The van der Waals surface area contributed by atoms with E-state index in [1.807, 2.05) is 28.8 Å². The van der Waals surface area contributed by atoms with E-state index in [9.17, 15) is 4.79 Å². The zero-order chi connectivity index (χ0) is 14.1. The summed E-state index contributed by atoms with van der Waals surface area (Å²) in [6.45, 7) is 2.69. The molecule has 6 heteroatoms. The Kier molecular flexibility index (Phi) is 3.23. The molecule has 0 aliphatic carbocycles. The number of rotatable bonds is 3. The number of H-pyrrole nitrogens is 1. The third-order valence-electron chi connectivity index (χ3n) is 3.21. The number of nitrogens with zero attached hydrogens (tertiary/aromatic N) is 2. The number of amides is 1. The van der Waals surface area contributed by atoms with Gasteiger partial charge in [0, 0.05) is 25.4 Å². The van der Waals surface area contributed by atoms with E-state index in [0.717, 1.165) is 21.9 Å². The molecule has 5 nitrogen and oxygen atoms in total. The Labute approximate surface area is 120 Å². The maximum absolute atomic E-state index is 11.0. The van der Waals surface area contributed by atoms with Gasteiger partial charge in [0.1, 0.15) is 0 Å². The van der Waals surface area contributed by atoms with Crippen LogP contribution in [-0.4, -0.2) is 27.0 Å². The molecule has 102 valence electrons. The van der Waals surface area contributed by atoms with Crippen molar-refractivity contribution in [3.05, 3.63) is 35.2 Å². The van der Waals surface area contributed by atoms with Gasteiger partial charge in [-0.05, 0) is 18.3 Å². The van der Waals surface area contributed by atoms with Gasteiger partial charge in [0.05, 0.1) is 22.7 Å². The minimum atomic E-state index is -0.0390. The molecule has 1 aromatic carbocycles. The van der Waals surface area contributed by atoms with E-state index in [1.54, 1.807) is 6.20 Å². The molecular weight excluding hydrogens is 272 g/mol. The van der Waals surface area contributed by atoms with Crippen molar-refractivity contribution >= 4 is 40.1 Å². The normalized spacial score (nSPS) is 11.1. The van der Waals surface area contributed by atoms with Crippen molar-refractivity contribution in [1.82, 2.24) is 19.9 Å². The second kappa shape index (κ2) is 5.05. The molecule has 0 aliphatic heterocycles. The quantitative estimate of drug-likeness (QED) is 0.727. The van der Waals surface area contributed by atoms with E-state index in [0.29, 0.717) is 17.9 Å². The second-order valence-corrected chi connectivity index (χ2v) is 4.99. The third-order valence-corrected chi connectivity index (χ3v) is 3.54. The van der Waals surface area contributed by atoms with E-state index >= 15 is 0 Å². The van der Waals surface area contributed by atoms with E-state index in [2.05, 4.69) is 15.3 Å². The number of para-hydroxylation sites is 1. The summed E-state index contributed by atoms with van der Waals surface area (Å²) in [5.41, 5.74) is 2.88. The van der Waals surface area contributed by atoms with Gasteiger partial charge in [0.2, 0.25) is 5.91 Å². The molecule has 2 heterocycles. The number of hydrogen-bond donors (Lipinski definition) is 2. The Morgan fingerprint density at radius 1 is 1.45 bits per heavy atom. The fourth-order valence-corrected chi connectivity index (χ4v) is 2.64. The summed E-state index contributed by atoms with van der Waals surface area (Å²) >= 11 is 5.36. The van der Waals surface area contributed by atoms with Crippen molar-refractivity contribution in [3.8, 4) is 0 Å². The lowest BCUT2D eigenvalue weighted by molar-refractivity contribution is -0.118. The van der Waals surface area contributed by atoms with E-state index in [-0.39, 0.29) is 5.91 Å². The summed E-state index contributed by atoms with van der Waals surface area (Å²) in [4.78, 5) is 18.5. The van der Waals surface area contributed by atoms with Gasteiger partial charge in [-0.3, -0.25) is 9.78 Å².